The summed E-state index contributed by atoms with van der Waals surface area (Å²) in [6.45, 7) is 4.35. The van der Waals surface area contributed by atoms with E-state index in [2.05, 4.69) is 15.1 Å². The van der Waals surface area contributed by atoms with Crippen LogP contribution in [0.4, 0.5) is 0 Å². The third-order valence-corrected chi connectivity index (χ3v) is 1.41. The molecule has 3 N–H and O–H groups in total. The second-order valence-electron chi connectivity index (χ2n) is 2.58. The molecule has 0 aromatic heterocycles. The van der Waals surface area contributed by atoms with E-state index in [1.54, 1.807) is 0 Å². The maximum absolute atomic E-state index is 4.92. The molecule has 0 aromatic carbocycles. The molecular weight excluding hydrogens is 142 g/mol. The Morgan fingerprint density at radius 1 is 1.82 bits per heavy atom. The lowest BCUT2D eigenvalue weighted by atomic mass is 10.2. The quantitative estimate of drug-likeness (QED) is 0.559. The van der Waals surface area contributed by atoms with E-state index >= 15 is 0 Å². The minimum absolute atomic E-state index is 0.130. The summed E-state index contributed by atoms with van der Waals surface area (Å²) in [5.41, 5.74) is 1.98. The third kappa shape index (κ3) is 2.32. The Balaban J connectivity index is 2.62. The van der Waals surface area contributed by atoms with Crippen LogP contribution in [-0.2, 0) is 4.84 Å². The molecule has 1 rings (SSSR count). The van der Waals surface area contributed by atoms with Gasteiger partial charge in [0, 0.05) is 5.70 Å². The first-order valence-corrected chi connectivity index (χ1v) is 3.55. The van der Waals surface area contributed by atoms with Gasteiger partial charge < -0.3 is 5.32 Å². The molecule has 0 radical (unpaired) electrons. The first-order valence-electron chi connectivity index (χ1n) is 3.55. The van der Waals surface area contributed by atoms with Crippen LogP contribution in [0.25, 0.3) is 0 Å². The van der Waals surface area contributed by atoms with Crippen molar-refractivity contribution < 1.29 is 4.84 Å². The molecule has 0 amide bonds. The van der Waals surface area contributed by atoms with Gasteiger partial charge in [-0.25, -0.2) is 5.90 Å². The highest BCUT2D eigenvalue weighted by Gasteiger charge is 2.07. The minimum atomic E-state index is 0.130. The lowest BCUT2D eigenvalue weighted by molar-refractivity contribution is 0.178. The van der Waals surface area contributed by atoms with Gasteiger partial charge >= 0.3 is 0 Å². The molecule has 0 saturated heterocycles. The van der Waals surface area contributed by atoms with Crippen molar-refractivity contribution in [2.45, 2.75) is 20.0 Å². The van der Waals surface area contributed by atoms with Crippen LogP contribution in [0.5, 0.6) is 0 Å². The predicted octanol–water partition coefficient (Wildman–Crippen LogP) is 0.171. The number of nitrogens with two attached hydrogens (primary N) is 1. The summed E-state index contributed by atoms with van der Waals surface area (Å²) < 4.78 is 0. The maximum Gasteiger partial charge on any atom is 0.115 e. The molecule has 1 heterocycles. The fourth-order valence-corrected chi connectivity index (χ4v) is 1.10. The summed E-state index contributed by atoms with van der Waals surface area (Å²) in [7, 11) is 0. The lowest BCUT2D eigenvalue weighted by Gasteiger charge is -2.17. The average molecular weight is 155 g/mol. The molecule has 0 fully saturated rings. The van der Waals surface area contributed by atoms with Crippen LogP contribution in [0.1, 0.15) is 13.8 Å². The highest BCUT2D eigenvalue weighted by atomic mass is 16.6. The van der Waals surface area contributed by atoms with Gasteiger partial charge in [0.1, 0.15) is 12.8 Å². The van der Waals surface area contributed by atoms with Crippen molar-refractivity contribution in [1.29, 1.82) is 0 Å². The van der Waals surface area contributed by atoms with E-state index < -0.39 is 0 Å². The van der Waals surface area contributed by atoms with Crippen molar-refractivity contribution in [2.75, 3.05) is 6.61 Å². The summed E-state index contributed by atoms with van der Waals surface area (Å²) in [6.07, 6.45) is 2.05. The number of allylic oxidation sites excluding steroid dienone is 1. The van der Waals surface area contributed by atoms with Gasteiger partial charge in [-0.2, -0.15) is 0 Å². The topological polar surface area (TPSA) is 59.6 Å². The van der Waals surface area contributed by atoms with Crippen molar-refractivity contribution in [3.8, 4) is 0 Å². The molecule has 0 aromatic rings. The summed E-state index contributed by atoms with van der Waals surface area (Å²) in [5, 5.41) is 3.14. The van der Waals surface area contributed by atoms with Gasteiger partial charge in [-0.05, 0) is 19.9 Å². The molecule has 0 spiro atoms. The normalized spacial score (nSPS) is 23.7. The standard InChI is InChI=1S/C7H13N3O/c1-5-3-7(4-11-8)10-6(2)9-5/h3,6,9H,4,8H2,1-2H3. The number of nitrogens with one attached hydrogen (secondary N) is 1. The van der Waals surface area contributed by atoms with Crippen LogP contribution in [0.3, 0.4) is 0 Å². The molecule has 4 heteroatoms. The van der Waals surface area contributed by atoms with Crippen LogP contribution >= 0.6 is 0 Å². The van der Waals surface area contributed by atoms with Crippen molar-refractivity contribution in [1.82, 2.24) is 5.32 Å². The van der Waals surface area contributed by atoms with Gasteiger partial charge in [-0.1, -0.05) is 0 Å². The summed E-state index contributed by atoms with van der Waals surface area (Å²) in [6, 6.07) is 0. The smallest absolute Gasteiger partial charge is 0.115 e. The monoisotopic (exact) mass is 155 g/mol. The predicted molar refractivity (Wildman–Crippen MR) is 43.9 cm³/mol. The Kier molecular flexibility index (Phi) is 2.62. The van der Waals surface area contributed by atoms with Crippen molar-refractivity contribution in [2.24, 2.45) is 10.9 Å². The number of nitrogens with zero attached hydrogens (tertiary/aromatic N) is 1. The zero-order chi connectivity index (χ0) is 8.27. The van der Waals surface area contributed by atoms with Crippen LogP contribution in [0.15, 0.2) is 16.8 Å². The number of hydrogen-bond acceptors (Lipinski definition) is 4. The van der Waals surface area contributed by atoms with E-state index in [4.69, 9.17) is 5.90 Å². The first-order chi connectivity index (χ1) is 5.22. The molecule has 11 heavy (non-hydrogen) atoms. The SMILES string of the molecule is CC1=CC(CON)=NC(C)N1. The number of hydrogen-bond donors (Lipinski definition) is 2. The number of aliphatic imine (C=N–C) groups is 1. The van der Waals surface area contributed by atoms with E-state index in [1.807, 2.05) is 19.9 Å². The van der Waals surface area contributed by atoms with Crippen LogP contribution in [0, 0.1) is 0 Å². The van der Waals surface area contributed by atoms with Crippen molar-refractivity contribution in [3.63, 3.8) is 0 Å². The van der Waals surface area contributed by atoms with E-state index in [1.165, 1.54) is 0 Å². The second-order valence-corrected chi connectivity index (χ2v) is 2.58. The Hall–Kier alpha value is -0.870. The summed E-state index contributed by atoms with van der Waals surface area (Å²) in [4.78, 5) is 8.72. The molecule has 4 nitrogen and oxygen atoms in total. The van der Waals surface area contributed by atoms with Crippen LogP contribution < -0.4 is 11.2 Å². The zero-order valence-electron chi connectivity index (χ0n) is 6.79. The Labute approximate surface area is 66.1 Å². The average Bonchev–Trinajstić information content (AvgIpc) is 1.85. The Morgan fingerprint density at radius 2 is 2.55 bits per heavy atom. The van der Waals surface area contributed by atoms with Gasteiger partial charge in [0.25, 0.3) is 0 Å². The molecule has 1 atom stereocenters. The van der Waals surface area contributed by atoms with Gasteiger partial charge in [0.05, 0.1) is 5.71 Å². The van der Waals surface area contributed by atoms with Gasteiger partial charge in [0.2, 0.25) is 0 Å². The largest absolute Gasteiger partial charge is 0.368 e. The minimum Gasteiger partial charge on any atom is -0.368 e. The molecular formula is C7H13N3O. The zero-order valence-corrected chi connectivity index (χ0v) is 6.79. The molecule has 0 bridgehead atoms. The first kappa shape index (κ1) is 8.23. The Bertz CT molecular complexity index is 198. The Morgan fingerprint density at radius 3 is 3.09 bits per heavy atom. The van der Waals surface area contributed by atoms with E-state index in [0.29, 0.717) is 6.61 Å². The molecule has 1 unspecified atom stereocenters. The van der Waals surface area contributed by atoms with Crippen molar-refractivity contribution >= 4 is 5.71 Å². The van der Waals surface area contributed by atoms with Crippen molar-refractivity contribution in [3.05, 3.63) is 11.8 Å². The second kappa shape index (κ2) is 3.50. The highest BCUT2D eigenvalue weighted by molar-refractivity contribution is 5.97. The van der Waals surface area contributed by atoms with E-state index in [0.717, 1.165) is 11.4 Å². The van der Waals surface area contributed by atoms with Crippen LogP contribution in [-0.4, -0.2) is 18.5 Å². The van der Waals surface area contributed by atoms with Crippen LogP contribution in [0.2, 0.25) is 0 Å². The molecule has 62 valence electrons. The summed E-state index contributed by atoms with van der Waals surface area (Å²) >= 11 is 0. The van der Waals surface area contributed by atoms with Gasteiger partial charge in [0.15, 0.2) is 0 Å². The highest BCUT2D eigenvalue weighted by Crippen LogP contribution is 2.01. The fraction of sp³-hybridized carbons (Fsp3) is 0.571. The van der Waals surface area contributed by atoms with Gasteiger partial charge in [-0.3, -0.25) is 9.83 Å². The maximum atomic E-state index is 4.92. The summed E-state index contributed by atoms with van der Waals surface area (Å²) in [5.74, 6) is 4.92. The fourth-order valence-electron chi connectivity index (χ4n) is 1.10. The lowest BCUT2D eigenvalue weighted by Crippen LogP contribution is -2.29. The number of rotatable bonds is 2. The molecule has 0 aliphatic carbocycles. The molecule has 1 aliphatic rings. The molecule has 1 aliphatic heterocycles. The van der Waals surface area contributed by atoms with E-state index in [-0.39, 0.29) is 6.17 Å². The van der Waals surface area contributed by atoms with E-state index in [9.17, 15) is 0 Å². The molecule has 0 saturated carbocycles. The third-order valence-electron chi connectivity index (χ3n) is 1.41. The van der Waals surface area contributed by atoms with Gasteiger partial charge in [-0.15, -0.1) is 0 Å².